The number of halogens is 3. The lowest BCUT2D eigenvalue weighted by Gasteiger charge is -2.20. The highest BCUT2D eigenvalue weighted by molar-refractivity contribution is 5.93. The van der Waals surface area contributed by atoms with Gasteiger partial charge in [0.05, 0.1) is 6.54 Å². The molecule has 22 heavy (non-hydrogen) atoms. The second-order valence-corrected chi connectivity index (χ2v) is 5.02. The van der Waals surface area contributed by atoms with Gasteiger partial charge in [0.15, 0.2) is 17.3 Å². The largest absolute Gasteiger partial charge is 0.337 e. The Hall–Kier alpha value is -2.45. The molecule has 3 heterocycles. The quantitative estimate of drug-likeness (QED) is 0.849. The fraction of sp³-hybridized carbons (Fsp3) is 0.385. The minimum atomic E-state index is -3.12. The third-order valence-electron chi connectivity index (χ3n) is 3.32. The molecule has 0 saturated carbocycles. The molecule has 1 aliphatic rings. The Bertz CT molecular complexity index is 719. The van der Waals surface area contributed by atoms with E-state index in [0.717, 1.165) is 11.0 Å². The molecule has 0 aliphatic carbocycles. The number of hydrogen-bond donors (Lipinski definition) is 0. The van der Waals surface area contributed by atoms with Gasteiger partial charge >= 0.3 is 0 Å². The normalized spacial score (nSPS) is 20.4. The van der Waals surface area contributed by atoms with Crippen molar-refractivity contribution in [2.45, 2.75) is 25.3 Å². The molecule has 1 atom stereocenters. The van der Waals surface area contributed by atoms with Crippen molar-refractivity contribution in [2.75, 3.05) is 6.54 Å². The van der Waals surface area contributed by atoms with E-state index in [1.54, 1.807) is 0 Å². The highest BCUT2D eigenvalue weighted by Crippen LogP contribution is 2.41. The van der Waals surface area contributed by atoms with Gasteiger partial charge < -0.3 is 9.42 Å². The van der Waals surface area contributed by atoms with Crippen molar-refractivity contribution in [1.29, 1.82) is 0 Å². The number of hydrogen-bond acceptors (Lipinski definition) is 5. The van der Waals surface area contributed by atoms with E-state index in [9.17, 15) is 18.0 Å². The monoisotopic (exact) mass is 312 g/mol. The summed E-state index contributed by atoms with van der Waals surface area (Å²) < 4.78 is 46.0. The second-order valence-electron chi connectivity index (χ2n) is 5.02. The summed E-state index contributed by atoms with van der Waals surface area (Å²) in [4.78, 5) is 20.7. The molecule has 2 aromatic rings. The number of likely N-dealkylation sites (tertiary alicyclic amines) is 1. The maximum atomic E-state index is 13.7. The molecule has 0 bridgehead atoms. The van der Waals surface area contributed by atoms with Crippen LogP contribution in [0.25, 0.3) is 0 Å². The Balaban J connectivity index is 1.96. The lowest BCUT2D eigenvalue weighted by molar-refractivity contribution is 0.0115. The lowest BCUT2D eigenvalue weighted by Crippen LogP contribution is -2.34. The van der Waals surface area contributed by atoms with E-state index in [-0.39, 0.29) is 11.7 Å². The number of rotatable bonds is 2. The number of aromatic nitrogens is 3. The zero-order valence-corrected chi connectivity index (χ0v) is 11.5. The maximum Gasteiger partial charge on any atom is 0.276 e. The number of aryl methyl sites for hydroxylation is 1. The topological polar surface area (TPSA) is 72.1 Å². The second kappa shape index (κ2) is 5.08. The number of nitrogens with zero attached hydrogens (tertiary/aromatic N) is 4. The van der Waals surface area contributed by atoms with Crippen LogP contribution in [0.2, 0.25) is 0 Å². The molecule has 0 unspecified atom stereocenters. The van der Waals surface area contributed by atoms with Crippen molar-refractivity contribution in [2.24, 2.45) is 0 Å². The molecule has 3 rings (SSSR count). The number of alkyl halides is 2. The predicted molar refractivity (Wildman–Crippen MR) is 66.6 cm³/mol. The van der Waals surface area contributed by atoms with Crippen LogP contribution in [-0.4, -0.2) is 38.4 Å². The molecule has 0 radical (unpaired) electrons. The first-order valence-electron chi connectivity index (χ1n) is 6.47. The molecule has 116 valence electrons. The molecule has 2 aromatic heterocycles. The van der Waals surface area contributed by atoms with Gasteiger partial charge in [0.2, 0.25) is 5.89 Å². The summed E-state index contributed by atoms with van der Waals surface area (Å²) in [5.74, 6) is -4.76. The molecule has 0 spiro atoms. The average Bonchev–Trinajstić information content (AvgIpc) is 3.02. The van der Waals surface area contributed by atoms with Gasteiger partial charge in [0, 0.05) is 12.6 Å². The number of carbonyl (C=O) groups is 1. The van der Waals surface area contributed by atoms with E-state index in [1.165, 1.54) is 19.2 Å². The summed E-state index contributed by atoms with van der Waals surface area (Å²) in [7, 11) is 0. The molecule has 9 heteroatoms. The molecular weight excluding hydrogens is 301 g/mol. The standard InChI is InChI=1S/C13H11F3N4O2/c1-7-18-11(22-19-7)9-5-13(15,16)6-20(9)12(21)10-8(14)3-2-4-17-10/h2-4,9H,5-6H2,1H3/t9-/m0/s1. The van der Waals surface area contributed by atoms with E-state index >= 15 is 0 Å². The molecule has 1 saturated heterocycles. The van der Waals surface area contributed by atoms with E-state index in [4.69, 9.17) is 4.52 Å². The van der Waals surface area contributed by atoms with Crippen LogP contribution in [0.3, 0.4) is 0 Å². The summed E-state index contributed by atoms with van der Waals surface area (Å²) >= 11 is 0. The Morgan fingerprint density at radius 1 is 1.50 bits per heavy atom. The number of pyridine rings is 1. The molecule has 0 N–H and O–H groups in total. The molecule has 1 aliphatic heterocycles. The minimum Gasteiger partial charge on any atom is -0.337 e. The van der Waals surface area contributed by atoms with Gasteiger partial charge in [0.1, 0.15) is 6.04 Å². The molecular formula is C13H11F3N4O2. The van der Waals surface area contributed by atoms with Gasteiger partial charge in [-0.05, 0) is 19.1 Å². The third kappa shape index (κ3) is 2.53. The molecule has 0 aromatic carbocycles. The van der Waals surface area contributed by atoms with Crippen molar-refractivity contribution < 1.29 is 22.5 Å². The van der Waals surface area contributed by atoms with Crippen molar-refractivity contribution in [1.82, 2.24) is 20.0 Å². The van der Waals surface area contributed by atoms with Gasteiger partial charge in [-0.3, -0.25) is 4.79 Å². The Kier molecular flexibility index (Phi) is 3.34. The van der Waals surface area contributed by atoms with Crippen LogP contribution in [0.15, 0.2) is 22.9 Å². The van der Waals surface area contributed by atoms with Crippen LogP contribution in [-0.2, 0) is 0 Å². The van der Waals surface area contributed by atoms with Gasteiger partial charge in [-0.2, -0.15) is 4.98 Å². The Morgan fingerprint density at radius 2 is 2.27 bits per heavy atom. The summed E-state index contributed by atoms with van der Waals surface area (Å²) in [6, 6.07) is 1.24. The van der Waals surface area contributed by atoms with Crippen molar-refractivity contribution in [3.05, 3.63) is 41.6 Å². The lowest BCUT2D eigenvalue weighted by atomic mass is 10.2. The first kappa shape index (κ1) is 14.5. The van der Waals surface area contributed by atoms with Crippen molar-refractivity contribution in [3.63, 3.8) is 0 Å². The number of carbonyl (C=O) groups excluding carboxylic acids is 1. The van der Waals surface area contributed by atoms with Crippen LogP contribution < -0.4 is 0 Å². The van der Waals surface area contributed by atoms with E-state index in [2.05, 4.69) is 15.1 Å². The summed E-state index contributed by atoms with van der Waals surface area (Å²) in [6.45, 7) is 0.679. The SMILES string of the molecule is Cc1noc([C@@H]2CC(F)(F)CN2C(=O)c2ncccc2F)n1. The fourth-order valence-corrected chi connectivity index (χ4v) is 2.38. The fourth-order valence-electron chi connectivity index (χ4n) is 2.38. The van der Waals surface area contributed by atoms with Gasteiger partial charge in [-0.15, -0.1) is 0 Å². The highest BCUT2D eigenvalue weighted by Gasteiger charge is 2.50. The summed E-state index contributed by atoms with van der Waals surface area (Å²) in [6.07, 6.45) is 0.561. The van der Waals surface area contributed by atoms with Crippen LogP contribution in [0.4, 0.5) is 13.2 Å². The van der Waals surface area contributed by atoms with Gasteiger partial charge in [0.25, 0.3) is 11.8 Å². The average molecular weight is 312 g/mol. The van der Waals surface area contributed by atoms with Gasteiger partial charge in [-0.1, -0.05) is 5.16 Å². The summed E-state index contributed by atoms with van der Waals surface area (Å²) in [5, 5.41) is 3.53. The minimum absolute atomic E-state index is 0.0978. The van der Waals surface area contributed by atoms with E-state index in [0.29, 0.717) is 0 Å². The maximum absolute atomic E-state index is 13.7. The van der Waals surface area contributed by atoms with Crippen molar-refractivity contribution in [3.8, 4) is 0 Å². The van der Waals surface area contributed by atoms with Crippen LogP contribution in [0, 0.1) is 12.7 Å². The molecule has 1 fully saturated rings. The Labute approximate surface area is 122 Å². The predicted octanol–water partition coefficient (Wildman–Crippen LogP) is 2.13. The smallest absolute Gasteiger partial charge is 0.276 e. The first-order valence-corrected chi connectivity index (χ1v) is 6.47. The Morgan fingerprint density at radius 3 is 2.91 bits per heavy atom. The van der Waals surface area contributed by atoms with Crippen molar-refractivity contribution >= 4 is 5.91 Å². The third-order valence-corrected chi connectivity index (χ3v) is 3.32. The van der Waals surface area contributed by atoms with Crippen LogP contribution >= 0.6 is 0 Å². The number of amides is 1. The van der Waals surface area contributed by atoms with Crippen LogP contribution in [0.5, 0.6) is 0 Å². The zero-order chi connectivity index (χ0) is 15.9. The molecule has 6 nitrogen and oxygen atoms in total. The zero-order valence-electron chi connectivity index (χ0n) is 11.5. The first-order chi connectivity index (χ1) is 10.4. The summed E-state index contributed by atoms with van der Waals surface area (Å²) in [5.41, 5.74) is -0.513. The highest BCUT2D eigenvalue weighted by atomic mass is 19.3. The van der Waals surface area contributed by atoms with Crippen LogP contribution in [0.1, 0.15) is 34.7 Å². The van der Waals surface area contributed by atoms with E-state index in [1.807, 2.05) is 0 Å². The molecule has 1 amide bonds. The van der Waals surface area contributed by atoms with Gasteiger partial charge in [-0.25, -0.2) is 18.2 Å². The van der Waals surface area contributed by atoms with E-state index < -0.39 is 42.3 Å².